The summed E-state index contributed by atoms with van der Waals surface area (Å²) >= 11 is 0. The molecule has 1 atom stereocenters. The molecule has 5 heteroatoms. The highest BCUT2D eigenvalue weighted by molar-refractivity contribution is 6.04. The van der Waals surface area contributed by atoms with Crippen LogP contribution in [0.25, 0.3) is 0 Å². The average Bonchev–Trinajstić information content (AvgIpc) is 2.32. The first kappa shape index (κ1) is 12.6. The molecule has 1 aromatic carbocycles. The lowest BCUT2D eigenvalue weighted by Gasteiger charge is -2.31. The normalized spacial score (nSPS) is 23.9. The van der Waals surface area contributed by atoms with Gasteiger partial charge in [-0.1, -0.05) is 12.1 Å². The predicted molar refractivity (Wildman–Crippen MR) is 62.3 cm³/mol. The van der Waals surface area contributed by atoms with E-state index in [9.17, 15) is 19.8 Å². The molecule has 1 heterocycles. The Hall–Kier alpha value is -1.88. The molecule has 1 fully saturated rings. The molecule has 2 N–H and O–H groups in total. The van der Waals surface area contributed by atoms with Gasteiger partial charge in [0.15, 0.2) is 11.2 Å². The van der Waals surface area contributed by atoms with Gasteiger partial charge in [-0.3, -0.25) is 9.59 Å². The summed E-state index contributed by atoms with van der Waals surface area (Å²) in [5, 5.41) is 18.7. The molecule has 1 aromatic rings. The molecule has 0 spiro atoms. The maximum Gasteiger partial charge on any atom is 0.319 e. The fourth-order valence-corrected chi connectivity index (χ4v) is 2.15. The van der Waals surface area contributed by atoms with E-state index < -0.39 is 11.4 Å². The number of phenols is 1. The lowest BCUT2D eigenvalue weighted by Crippen LogP contribution is -2.48. The van der Waals surface area contributed by atoms with Gasteiger partial charge in [-0.05, 0) is 24.1 Å². The van der Waals surface area contributed by atoms with Gasteiger partial charge in [0.25, 0.3) is 0 Å². The van der Waals surface area contributed by atoms with E-state index >= 15 is 0 Å². The molecule has 5 nitrogen and oxygen atoms in total. The number of carbonyl (C=O) groups excluding carboxylic acids is 1. The van der Waals surface area contributed by atoms with Crippen LogP contribution in [-0.4, -0.2) is 35.2 Å². The number of hydrogen-bond acceptors (Lipinski definition) is 4. The summed E-state index contributed by atoms with van der Waals surface area (Å²) in [5.41, 5.74) is -0.914. The molecule has 1 aliphatic heterocycles. The van der Waals surface area contributed by atoms with Crippen molar-refractivity contribution in [1.82, 2.24) is 0 Å². The van der Waals surface area contributed by atoms with Crippen molar-refractivity contribution in [2.75, 3.05) is 13.2 Å². The molecular formula is C13H14O5. The summed E-state index contributed by atoms with van der Waals surface area (Å²) in [6.07, 6.45) is 0.153. The number of rotatable bonds is 3. The molecule has 18 heavy (non-hydrogen) atoms. The molecule has 0 aliphatic carbocycles. The highest BCUT2D eigenvalue weighted by atomic mass is 16.5. The van der Waals surface area contributed by atoms with E-state index in [0.29, 0.717) is 5.56 Å². The largest absolute Gasteiger partial charge is 0.508 e. The minimum atomic E-state index is -1.52. The van der Waals surface area contributed by atoms with Crippen LogP contribution in [-0.2, 0) is 20.7 Å². The Bertz CT molecular complexity index is 482. The molecule has 2 rings (SSSR count). The Balaban J connectivity index is 2.31. The maximum atomic E-state index is 11.9. The Labute approximate surface area is 104 Å². The summed E-state index contributed by atoms with van der Waals surface area (Å²) in [7, 11) is 0. The first-order valence-electron chi connectivity index (χ1n) is 5.67. The molecule has 1 saturated heterocycles. The van der Waals surface area contributed by atoms with Gasteiger partial charge in [-0.25, -0.2) is 0 Å². The second-order valence-corrected chi connectivity index (χ2v) is 4.46. The highest BCUT2D eigenvalue weighted by Gasteiger charge is 2.47. The van der Waals surface area contributed by atoms with Gasteiger partial charge in [0, 0.05) is 6.42 Å². The minimum Gasteiger partial charge on any atom is -0.508 e. The second-order valence-electron chi connectivity index (χ2n) is 4.46. The molecule has 0 amide bonds. The number of benzene rings is 1. The van der Waals surface area contributed by atoms with Crippen LogP contribution >= 0.6 is 0 Å². The van der Waals surface area contributed by atoms with E-state index in [-0.39, 0.29) is 37.6 Å². The van der Waals surface area contributed by atoms with Crippen LogP contribution in [0.3, 0.4) is 0 Å². The van der Waals surface area contributed by atoms with Gasteiger partial charge in [0.2, 0.25) is 0 Å². The molecule has 0 aromatic heterocycles. The second kappa shape index (κ2) is 4.78. The van der Waals surface area contributed by atoms with Gasteiger partial charge in [-0.15, -0.1) is 0 Å². The van der Waals surface area contributed by atoms with Crippen molar-refractivity contribution in [3.05, 3.63) is 29.8 Å². The quantitative estimate of drug-likeness (QED) is 0.782. The predicted octanol–water partition coefficient (Wildman–Crippen LogP) is 0.995. The number of Topliss-reactive ketones (excluding diaryl/α,β-unsaturated/α-hetero) is 1. The zero-order chi connectivity index (χ0) is 13.2. The van der Waals surface area contributed by atoms with Crippen LogP contribution in [0, 0.1) is 5.41 Å². The lowest BCUT2D eigenvalue weighted by molar-refractivity contribution is -0.164. The van der Waals surface area contributed by atoms with Crippen LogP contribution < -0.4 is 0 Å². The number of aliphatic carboxylic acids is 1. The Morgan fingerprint density at radius 1 is 1.44 bits per heavy atom. The van der Waals surface area contributed by atoms with Crippen LogP contribution in [0.4, 0.5) is 0 Å². The summed E-state index contributed by atoms with van der Waals surface area (Å²) < 4.78 is 5.16. The monoisotopic (exact) mass is 250 g/mol. The van der Waals surface area contributed by atoms with Crippen molar-refractivity contribution >= 4 is 11.8 Å². The van der Waals surface area contributed by atoms with Crippen molar-refractivity contribution < 1.29 is 24.5 Å². The van der Waals surface area contributed by atoms with E-state index in [4.69, 9.17) is 4.74 Å². The standard InChI is InChI=1S/C13H14O5/c14-10-3-1-2-9(6-10)7-13(12(16)17)8-18-5-4-11(13)15/h1-3,6,14H,4-5,7-8H2,(H,16,17). The van der Waals surface area contributed by atoms with Gasteiger partial charge in [0.1, 0.15) is 5.75 Å². The van der Waals surface area contributed by atoms with Gasteiger partial charge >= 0.3 is 5.97 Å². The zero-order valence-corrected chi connectivity index (χ0v) is 9.76. The molecule has 0 bridgehead atoms. The Morgan fingerprint density at radius 3 is 2.83 bits per heavy atom. The molecular weight excluding hydrogens is 236 g/mol. The average molecular weight is 250 g/mol. The number of carboxylic acids is 1. The van der Waals surface area contributed by atoms with Crippen molar-refractivity contribution in [2.45, 2.75) is 12.8 Å². The first-order valence-corrected chi connectivity index (χ1v) is 5.67. The molecule has 96 valence electrons. The summed E-state index contributed by atoms with van der Waals surface area (Å²) in [6.45, 7) is 0.157. The van der Waals surface area contributed by atoms with Crippen LogP contribution in [0.15, 0.2) is 24.3 Å². The first-order chi connectivity index (χ1) is 8.54. The number of carbonyl (C=O) groups is 2. The number of ketones is 1. The number of ether oxygens (including phenoxy) is 1. The Kier molecular flexibility index (Phi) is 3.34. The highest BCUT2D eigenvalue weighted by Crippen LogP contribution is 2.31. The van der Waals surface area contributed by atoms with E-state index in [1.807, 2.05) is 0 Å². The zero-order valence-electron chi connectivity index (χ0n) is 9.76. The number of carboxylic acid groups (broad SMARTS) is 1. The molecule has 0 saturated carbocycles. The fraction of sp³-hybridized carbons (Fsp3) is 0.385. The van der Waals surface area contributed by atoms with Gasteiger partial charge in [-0.2, -0.15) is 0 Å². The number of aromatic hydroxyl groups is 1. The van der Waals surface area contributed by atoms with E-state index in [1.54, 1.807) is 12.1 Å². The van der Waals surface area contributed by atoms with E-state index in [1.165, 1.54) is 12.1 Å². The molecule has 1 unspecified atom stereocenters. The topological polar surface area (TPSA) is 83.8 Å². The fourth-order valence-electron chi connectivity index (χ4n) is 2.15. The number of hydrogen-bond donors (Lipinski definition) is 2. The van der Waals surface area contributed by atoms with Crippen molar-refractivity contribution in [2.24, 2.45) is 5.41 Å². The van der Waals surface area contributed by atoms with Crippen LogP contribution in [0.2, 0.25) is 0 Å². The third-order valence-corrected chi connectivity index (χ3v) is 3.18. The van der Waals surface area contributed by atoms with Crippen LogP contribution in [0.5, 0.6) is 5.75 Å². The number of phenolic OH excluding ortho intramolecular Hbond substituents is 1. The SMILES string of the molecule is O=C(O)C1(Cc2cccc(O)c2)COCCC1=O. The molecule has 1 aliphatic rings. The summed E-state index contributed by atoms with van der Waals surface area (Å²) in [4.78, 5) is 23.3. The molecule has 0 radical (unpaired) electrons. The minimum absolute atomic E-state index is 0.0373. The third-order valence-electron chi connectivity index (χ3n) is 3.18. The van der Waals surface area contributed by atoms with Crippen molar-refractivity contribution in [3.63, 3.8) is 0 Å². The van der Waals surface area contributed by atoms with Gasteiger partial charge < -0.3 is 14.9 Å². The third kappa shape index (κ3) is 2.22. The summed E-state index contributed by atoms with van der Waals surface area (Å²) in [5.74, 6) is -1.43. The smallest absolute Gasteiger partial charge is 0.319 e. The van der Waals surface area contributed by atoms with Crippen LogP contribution in [0.1, 0.15) is 12.0 Å². The van der Waals surface area contributed by atoms with Crippen molar-refractivity contribution in [1.29, 1.82) is 0 Å². The lowest BCUT2D eigenvalue weighted by atomic mass is 9.76. The van der Waals surface area contributed by atoms with Gasteiger partial charge in [0.05, 0.1) is 13.2 Å². The van der Waals surface area contributed by atoms with E-state index in [0.717, 1.165) is 0 Å². The van der Waals surface area contributed by atoms with Crippen molar-refractivity contribution in [3.8, 4) is 5.75 Å². The Morgan fingerprint density at radius 2 is 2.22 bits per heavy atom. The van der Waals surface area contributed by atoms with E-state index in [2.05, 4.69) is 0 Å². The summed E-state index contributed by atoms with van der Waals surface area (Å²) in [6, 6.07) is 6.27. The maximum absolute atomic E-state index is 11.9.